The first kappa shape index (κ1) is 17.0. The maximum Gasteiger partial charge on any atom is 0.273 e. The third-order valence-corrected chi connectivity index (χ3v) is 5.38. The van der Waals surface area contributed by atoms with Crippen LogP contribution in [0.2, 0.25) is 5.02 Å². The topological polar surface area (TPSA) is 55.1 Å². The molecule has 128 valence electrons. The van der Waals surface area contributed by atoms with Crippen molar-refractivity contribution < 1.29 is 9.21 Å². The summed E-state index contributed by atoms with van der Waals surface area (Å²) in [7, 11) is 0. The number of hydrogen-bond donors (Lipinski definition) is 1. The fourth-order valence-electron chi connectivity index (χ4n) is 3.35. The highest BCUT2D eigenvalue weighted by Crippen LogP contribution is 2.30. The van der Waals surface area contributed by atoms with E-state index in [-0.39, 0.29) is 11.9 Å². The van der Waals surface area contributed by atoms with E-state index in [1.54, 1.807) is 19.1 Å². The number of oxazole rings is 1. The van der Waals surface area contributed by atoms with Gasteiger partial charge < -0.3 is 9.73 Å². The van der Waals surface area contributed by atoms with Crippen molar-refractivity contribution in [3.05, 3.63) is 40.7 Å². The molecule has 24 heavy (non-hydrogen) atoms. The van der Waals surface area contributed by atoms with Crippen molar-refractivity contribution in [2.75, 3.05) is 0 Å². The number of aromatic nitrogens is 1. The van der Waals surface area contributed by atoms with Crippen LogP contribution >= 0.6 is 11.6 Å². The van der Waals surface area contributed by atoms with Gasteiger partial charge in [0.1, 0.15) is 5.76 Å². The first-order chi connectivity index (χ1) is 11.5. The Bertz CT molecular complexity index is 723. The summed E-state index contributed by atoms with van der Waals surface area (Å²) in [6.45, 7) is 6.24. The highest BCUT2D eigenvalue weighted by molar-refractivity contribution is 6.30. The maximum atomic E-state index is 12.6. The molecule has 3 atom stereocenters. The normalized spacial score (nSPS) is 23.9. The zero-order valence-electron chi connectivity index (χ0n) is 14.3. The minimum absolute atomic E-state index is 0.151. The molecular weight excluding hydrogens is 324 g/mol. The molecule has 1 aliphatic carbocycles. The van der Waals surface area contributed by atoms with Crippen LogP contribution in [0.25, 0.3) is 11.5 Å². The Labute approximate surface area is 147 Å². The minimum atomic E-state index is -0.151. The van der Waals surface area contributed by atoms with Crippen LogP contribution in [0, 0.1) is 18.8 Å². The fraction of sp³-hybridized carbons (Fsp3) is 0.474. The van der Waals surface area contributed by atoms with Crippen LogP contribution in [-0.4, -0.2) is 16.9 Å². The highest BCUT2D eigenvalue weighted by atomic mass is 35.5. The predicted molar refractivity (Wildman–Crippen MR) is 95.1 cm³/mol. The molecule has 0 saturated heterocycles. The predicted octanol–water partition coefficient (Wildman–Crippen LogP) is 4.86. The summed E-state index contributed by atoms with van der Waals surface area (Å²) in [6, 6.07) is 7.43. The third kappa shape index (κ3) is 3.48. The summed E-state index contributed by atoms with van der Waals surface area (Å²) >= 11 is 5.90. The van der Waals surface area contributed by atoms with E-state index in [0.717, 1.165) is 18.4 Å². The van der Waals surface area contributed by atoms with Gasteiger partial charge in [-0.05, 0) is 49.4 Å². The summed E-state index contributed by atoms with van der Waals surface area (Å²) in [4.78, 5) is 17.0. The van der Waals surface area contributed by atoms with Crippen molar-refractivity contribution in [3.63, 3.8) is 0 Å². The lowest BCUT2D eigenvalue weighted by atomic mass is 9.78. The Balaban J connectivity index is 1.77. The van der Waals surface area contributed by atoms with E-state index in [0.29, 0.717) is 34.2 Å². The zero-order valence-corrected chi connectivity index (χ0v) is 15.1. The van der Waals surface area contributed by atoms with Gasteiger partial charge in [-0.25, -0.2) is 4.98 Å². The second kappa shape index (κ2) is 6.98. The van der Waals surface area contributed by atoms with Crippen LogP contribution in [-0.2, 0) is 0 Å². The second-order valence-electron chi connectivity index (χ2n) is 6.78. The zero-order chi connectivity index (χ0) is 17.3. The van der Waals surface area contributed by atoms with Crippen molar-refractivity contribution in [2.45, 2.75) is 46.1 Å². The van der Waals surface area contributed by atoms with Crippen molar-refractivity contribution in [2.24, 2.45) is 11.8 Å². The lowest BCUT2D eigenvalue weighted by molar-refractivity contribution is 0.0885. The molecule has 0 bridgehead atoms. The molecule has 3 rings (SSSR count). The monoisotopic (exact) mass is 346 g/mol. The van der Waals surface area contributed by atoms with Crippen molar-refractivity contribution in [1.29, 1.82) is 0 Å². The third-order valence-electron chi connectivity index (χ3n) is 5.13. The summed E-state index contributed by atoms with van der Waals surface area (Å²) in [5.41, 5.74) is 1.17. The Kier molecular flexibility index (Phi) is 4.95. The van der Waals surface area contributed by atoms with E-state index < -0.39 is 0 Å². The minimum Gasteiger partial charge on any atom is -0.441 e. The molecule has 1 amide bonds. The smallest absolute Gasteiger partial charge is 0.273 e. The van der Waals surface area contributed by atoms with E-state index in [1.807, 2.05) is 12.1 Å². The number of nitrogens with one attached hydrogen (secondary N) is 1. The molecule has 4 nitrogen and oxygen atoms in total. The number of halogens is 1. The van der Waals surface area contributed by atoms with Crippen LogP contribution in [0.3, 0.4) is 0 Å². The van der Waals surface area contributed by atoms with E-state index in [9.17, 15) is 4.79 Å². The molecule has 1 heterocycles. The molecule has 5 heteroatoms. The molecule has 3 unspecified atom stereocenters. The quantitative estimate of drug-likeness (QED) is 0.863. The van der Waals surface area contributed by atoms with Gasteiger partial charge in [0.25, 0.3) is 5.91 Å². The molecule has 1 aromatic carbocycles. The number of benzene rings is 1. The van der Waals surface area contributed by atoms with Crippen LogP contribution in [0.1, 0.15) is 49.4 Å². The van der Waals surface area contributed by atoms with Gasteiger partial charge >= 0.3 is 0 Å². The number of nitrogens with zero attached hydrogens (tertiary/aromatic N) is 1. The van der Waals surface area contributed by atoms with Gasteiger partial charge in [0.05, 0.1) is 0 Å². The average Bonchev–Trinajstić information content (AvgIpc) is 2.94. The van der Waals surface area contributed by atoms with Gasteiger partial charge in [0, 0.05) is 16.6 Å². The van der Waals surface area contributed by atoms with Crippen LogP contribution in [0.4, 0.5) is 0 Å². The molecular formula is C19H23ClN2O2. The SMILES string of the molecule is Cc1oc(-c2ccc(Cl)cc2)nc1C(=O)NC1CCCC(C)C1C. The molecule has 1 fully saturated rings. The summed E-state index contributed by atoms with van der Waals surface area (Å²) in [6.07, 6.45) is 3.42. The van der Waals surface area contributed by atoms with Gasteiger partial charge in [-0.15, -0.1) is 0 Å². The van der Waals surface area contributed by atoms with E-state index in [4.69, 9.17) is 16.0 Å². The number of carbonyl (C=O) groups is 1. The molecule has 1 saturated carbocycles. The molecule has 0 aliphatic heterocycles. The Morgan fingerprint density at radius 1 is 1.25 bits per heavy atom. The maximum absolute atomic E-state index is 12.6. The molecule has 0 spiro atoms. The lowest BCUT2D eigenvalue weighted by Crippen LogP contribution is -2.44. The number of rotatable bonds is 3. The van der Waals surface area contributed by atoms with Gasteiger partial charge in [0.2, 0.25) is 5.89 Å². The summed E-state index contributed by atoms with van der Waals surface area (Å²) in [5, 5.41) is 3.80. The van der Waals surface area contributed by atoms with E-state index >= 15 is 0 Å². The van der Waals surface area contributed by atoms with Crippen molar-refractivity contribution in [1.82, 2.24) is 10.3 Å². The number of hydrogen-bond acceptors (Lipinski definition) is 3. The van der Waals surface area contributed by atoms with Gasteiger partial charge in [-0.2, -0.15) is 0 Å². The lowest BCUT2D eigenvalue weighted by Gasteiger charge is -2.34. The molecule has 2 aromatic rings. The highest BCUT2D eigenvalue weighted by Gasteiger charge is 2.29. The number of carbonyl (C=O) groups excluding carboxylic acids is 1. The first-order valence-corrected chi connectivity index (χ1v) is 8.87. The Morgan fingerprint density at radius 3 is 2.67 bits per heavy atom. The molecule has 1 aliphatic rings. The van der Waals surface area contributed by atoms with Gasteiger partial charge in [-0.1, -0.05) is 38.3 Å². The van der Waals surface area contributed by atoms with Crippen molar-refractivity contribution in [3.8, 4) is 11.5 Å². The average molecular weight is 347 g/mol. The fourth-order valence-corrected chi connectivity index (χ4v) is 3.47. The molecule has 0 radical (unpaired) electrons. The van der Waals surface area contributed by atoms with Crippen LogP contribution < -0.4 is 5.32 Å². The second-order valence-corrected chi connectivity index (χ2v) is 7.21. The van der Waals surface area contributed by atoms with E-state index in [2.05, 4.69) is 24.1 Å². The number of aryl methyl sites for hydroxylation is 1. The molecule has 1 aromatic heterocycles. The number of amides is 1. The van der Waals surface area contributed by atoms with Crippen LogP contribution in [0.5, 0.6) is 0 Å². The van der Waals surface area contributed by atoms with E-state index in [1.165, 1.54) is 6.42 Å². The summed E-state index contributed by atoms with van der Waals surface area (Å²) in [5.74, 6) is 1.94. The van der Waals surface area contributed by atoms with Crippen LogP contribution in [0.15, 0.2) is 28.7 Å². The van der Waals surface area contributed by atoms with Gasteiger partial charge in [-0.3, -0.25) is 4.79 Å². The van der Waals surface area contributed by atoms with Crippen molar-refractivity contribution >= 4 is 17.5 Å². The largest absolute Gasteiger partial charge is 0.441 e. The van der Waals surface area contributed by atoms with Gasteiger partial charge in [0.15, 0.2) is 5.69 Å². The molecule has 1 N–H and O–H groups in total. The first-order valence-electron chi connectivity index (χ1n) is 8.50. The Morgan fingerprint density at radius 2 is 1.96 bits per heavy atom. The Hall–Kier alpha value is -1.81. The standard InChI is InChI=1S/C19H23ClN2O2/c1-11-5-4-6-16(12(11)2)21-18(23)17-13(3)24-19(22-17)14-7-9-15(20)10-8-14/h7-12,16H,4-6H2,1-3H3,(H,21,23). The summed E-state index contributed by atoms with van der Waals surface area (Å²) < 4.78 is 5.68.